The van der Waals surface area contributed by atoms with Crippen LogP contribution in [0.15, 0.2) is 82.6 Å². The zero-order valence-electron chi connectivity index (χ0n) is 23.3. The third-order valence-corrected chi connectivity index (χ3v) is 8.06. The van der Waals surface area contributed by atoms with E-state index in [-0.39, 0.29) is 17.6 Å². The molecule has 1 aliphatic carbocycles. The number of Topliss-reactive ketones (excluding diaryl/α,β-unsaturated/α-hetero) is 1. The van der Waals surface area contributed by atoms with Crippen LogP contribution in [0.4, 0.5) is 17.1 Å². The largest absolute Gasteiger partial charge is 0.467 e. The van der Waals surface area contributed by atoms with Crippen LogP contribution >= 0.6 is 0 Å². The van der Waals surface area contributed by atoms with Gasteiger partial charge in [-0.3, -0.25) is 14.5 Å². The van der Waals surface area contributed by atoms with Crippen LogP contribution in [0.3, 0.4) is 0 Å². The van der Waals surface area contributed by atoms with Gasteiger partial charge in [-0.1, -0.05) is 44.0 Å². The Balaban J connectivity index is 1.55. The summed E-state index contributed by atoms with van der Waals surface area (Å²) in [6.45, 7) is 8.37. The first-order valence-corrected chi connectivity index (χ1v) is 14.4. The van der Waals surface area contributed by atoms with E-state index in [1.807, 2.05) is 36.4 Å². The number of para-hydroxylation sites is 2. The van der Waals surface area contributed by atoms with Crippen molar-refractivity contribution in [1.82, 2.24) is 0 Å². The molecule has 0 spiro atoms. The first kappa shape index (κ1) is 26.8. The summed E-state index contributed by atoms with van der Waals surface area (Å²) in [6.07, 6.45) is 5.98. The Morgan fingerprint density at radius 2 is 1.74 bits per heavy atom. The number of hydrogen-bond acceptors (Lipinski definition) is 5. The van der Waals surface area contributed by atoms with E-state index >= 15 is 0 Å². The maximum atomic E-state index is 14.0. The normalized spacial score (nSPS) is 18.7. The number of hydrogen-bond donors (Lipinski definition) is 1. The zero-order valence-corrected chi connectivity index (χ0v) is 23.3. The van der Waals surface area contributed by atoms with Gasteiger partial charge in [-0.25, -0.2) is 0 Å². The van der Waals surface area contributed by atoms with Gasteiger partial charge >= 0.3 is 0 Å². The highest BCUT2D eigenvalue weighted by Crippen LogP contribution is 2.47. The Morgan fingerprint density at radius 3 is 2.44 bits per heavy atom. The van der Waals surface area contributed by atoms with E-state index in [4.69, 9.17) is 4.42 Å². The molecule has 0 saturated carbocycles. The van der Waals surface area contributed by atoms with Crippen molar-refractivity contribution in [1.29, 1.82) is 0 Å². The van der Waals surface area contributed by atoms with Crippen molar-refractivity contribution in [2.24, 2.45) is 0 Å². The van der Waals surface area contributed by atoms with E-state index in [0.29, 0.717) is 30.6 Å². The number of nitrogens with one attached hydrogen (secondary N) is 1. The lowest BCUT2D eigenvalue weighted by molar-refractivity contribution is -0.119. The Bertz CT molecular complexity index is 1320. The number of nitrogens with zero attached hydrogens (tertiary/aromatic N) is 2. The van der Waals surface area contributed by atoms with Crippen LogP contribution in [-0.2, 0) is 9.59 Å². The molecular weight excluding hydrogens is 486 g/mol. The maximum absolute atomic E-state index is 14.0. The molecule has 0 bridgehead atoms. The van der Waals surface area contributed by atoms with Crippen molar-refractivity contribution in [3.63, 3.8) is 0 Å². The fourth-order valence-electron chi connectivity index (χ4n) is 6.01. The number of amides is 1. The van der Waals surface area contributed by atoms with E-state index in [0.717, 1.165) is 55.0 Å². The number of benzene rings is 2. The molecular formula is C33H39N3O3. The average Bonchev–Trinajstić information content (AvgIpc) is 3.43. The topological polar surface area (TPSA) is 65.8 Å². The third kappa shape index (κ3) is 5.38. The summed E-state index contributed by atoms with van der Waals surface area (Å²) in [5, 5.41) is 3.60. The van der Waals surface area contributed by atoms with Crippen LogP contribution in [0.2, 0.25) is 0 Å². The predicted octanol–water partition coefficient (Wildman–Crippen LogP) is 7.61. The standard InChI is InChI=1S/C33H39N3O3/c1-4-7-8-15-31(38)36-28-13-10-9-12-26(28)34-27-21-24(23-16-18-25(19-17-23)35(5-2)6-3)22-29(37)32(27)33(36)30-14-11-20-39-30/h9-14,16-20,24,33-34H,4-8,15,21-22H2,1-3H3/t24-,33+/m1/s1. The highest BCUT2D eigenvalue weighted by molar-refractivity contribution is 6.06. The van der Waals surface area contributed by atoms with Gasteiger partial charge in [0.05, 0.1) is 17.6 Å². The molecule has 2 aromatic carbocycles. The van der Waals surface area contributed by atoms with Crippen LogP contribution < -0.4 is 15.1 Å². The van der Waals surface area contributed by atoms with Gasteiger partial charge < -0.3 is 14.6 Å². The van der Waals surface area contributed by atoms with Crippen molar-refractivity contribution in [3.8, 4) is 0 Å². The number of allylic oxidation sites excluding steroid dienone is 1. The zero-order chi connectivity index (χ0) is 27.4. The lowest BCUT2D eigenvalue weighted by Crippen LogP contribution is -2.38. The Morgan fingerprint density at radius 1 is 0.974 bits per heavy atom. The second kappa shape index (κ2) is 11.9. The van der Waals surface area contributed by atoms with Crippen molar-refractivity contribution in [3.05, 3.63) is 89.5 Å². The van der Waals surface area contributed by atoms with Crippen molar-refractivity contribution in [2.45, 2.75) is 71.3 Å². The van der Waals surface area contributed by atoms with Gasteiger partial charge in [-0.2, -0.15) is 0 Å². The molecule has 1 aliphatic heterocycles. The number of ketones is 1. The first-order valence-electron chi connectivity index (χ1n) is 14.4. The van der Waals surface area contributed by atoms with Gasteiger partial charge in [0.1, 0.15) is 11.8 Å². The summed E-state index contributed by atoms with van der Waals surface area (Å²) in [6, 6.07) is 19.6. The van der Waals surface area contributed by atoms with Crippen molar-refractivity contribution < 1.29 is 14.0 Å². The smallest absolute Gasteiger partial charge is 0.228 e. The molecule has 6 nitrogen and oxygen atoms in total. The first-order chi connectivity index (χ1) is 19.0. The van der Waals surface area contributed by atoms with E-state index < -0.39 is 6.04 Å². The van der Waals surface area contributed by atoms with E-state index in [2.05, 4.69) is 55.3 Å². The molecule has 1 N–H and O–H groups in total. The number of carbonyl (C=O) groups is 2. The molecule has 2 heterocycles. The van der Waals surface area contributed by atoms with E-state index in [1.54, 1.807) is 11.2 Å². The van der Waals surface area contributed by atoms with Crippen LogP contribution in [0.5, 0.6) is 0 Å². The van der Waals surface area contributed by atoms with Crippen molar-refractivity contribution in [2.75, 3.05) is 28.2 Å². The number of anilines is 3. The minimum atomic E-state index is -0.598. The molecule has 0 unspecified atom stereocenters. The van der Waals surface area contributed by atoms with E-state index in [1.165, 1.54) is 5.69 Å². The molecule has 2 atom stereocenters. The van der Waals surface area contributed by atoms with Crippen LogP contribution in [0.25, 0.3) is 0 Å². The Labute approximate surface area is 231 Å². The summed E-state index contributed by atoms with van der Waals surface area (Å²) in [7, 11) is 0. The molecule has 204 valence electrons. The fourth-order valence-corrected chi connectivity index (χ4v) is 6.01. The fraction of sp³-hybridized carbons (Fsp3) is 0.394. The molecule has 3 aromatic rings. The quantitative estimate of drug-likeness (QED) is 0.291. The third-order valence-electron chi connectivity index (χ3n) is 8.06. The Hall–Kier alpha value is -3.80. The number of unbranched alkanes of at least 4 members (excludes halogenated alkanes) is 2. The minimum Gasteiger partial charge on any atom is -0.467 e. The van der Waals surface area contributed by atoms with Crippen LogP contribution in [0.1, 0.15) is 82.6 Å². The maximum Gasteiger partial charge on any atom is 0.228 e. The van der Waals surface area contributed by atoms with Gasteiger partial charge in [0.15, 0.2) is 5.78 Å². The highest BCUT2D eigenvalue weighted by Gasteiger charge is 2.42. The lowest BCUT2D eigenvalue weighted by Gasteiger charge is -2.34. The summed E-state index contributed by atoms with van der Waals surface area (Å²) in [5.41, 5.74) is 5.49. The van der Waals surface area contributed by atoms with Gasteiger partial charge in [0.25, 0.3) is 0 Å². The molecule has 1 aromatic heterocycles. The number of carbonyl (C=O) groups excluding carboxylic acids is 2. The molecule has 2 aliphatic rings. The number of fused-ring (bicyclic) bond motifs is 1. The average molecular weight is 526 g/mol. The molecule has 1 amide bonds. The van der Waals surface area contributed by atoms with Gasteiger partial charge in [0.2, 0.25) is 5.91 Å². The molecule has 0 fully saturated rings. The van der Waals surface area contributed by atoms with Gasteiger partial charge in [-0.05, 0) is 74.6 Å². The SMILES string of the molecule is CCCCCC(=O)N1c2ccccc2NC2=C(C(=O)C[C@H](c3ccc(N(CC)CC)cc3)C2)[C@@H]1c1ccco1. The minimum absolute atomic E-state index is 0.00904. The summed E-state index contributed by atoms with van der Waals surface area (Å²) in [4.78, 5) is 32.0. The second-order valence-corrected chi connectivity index (χ2v) is 10.5. The van der Waals surface area contributed by atoms with Crippen LogP contribution in [-0.4, -0.2) is 24.8 Å². The molecule has 0 radical (unpaired) electrons. The van der Waals surface area contributed by atoms with Crippen LogP contribution in [0, 0.1) is 0 Å². The number of rotatable bonds is 9. The van der Waals surface area contributed by atoms with Gasteiger partial charge in [-0.15, -0.1) is 0 Å². The molecule has 6 heteroatoms. The highest BCUT2D eigenvalue weighted by atomic mass is 16.3. The van der Waals surface area contributed by atoms with Gasteiger partial charge in [0, 0.05) is 42.9 Å². The molecule has 5 rings (SSSR count). The summed E-state index contributed by atoms with van der Waals surface area (Å²) < 4.78 is 5.90. The predicted molar refractivity (Wildman–Crippen MR) is 157 cm³/mol. The molecule has 39 heavy (non-hydrogen) atoms. The number of furan rings is 1. The summed E-state index contributed by atoms with van der Waals surface area (Å²) >= 11 is 0. The monoisotopic (exact) mass is 525 g/mol. The summed E-state index contributed by atoms with van der Waals surface area (Å²) in [5.74, 6) is 0.739. The lowest BCUT2D eigenvalue weighted by atomic mass is 9.79. The van der Waals surface area contributed by atoms with Crippen molar-refractivity contribution >= 4 is 28.8 Å². The second-order valence-electron chi connectivity index (χ2n) is 10.5. The Kier molecular flexibility index (Phi) is 8.20. The van der Waals surface area contributed by atoms with E-state index in [9.17, 15) is 9.59 Å². The molecule has 0 saturated heterocycles.